The van der Waals surface area contributed by atoms with Crippen molar-refractivity contribution in [3.63, 3.8) is 0 Å². The lowest BCUT2D eigenvalue weighted by molar-refractivity contribution is -0.142. The maximum atomic E-state index is 13.0. The van der Waals surface area contributed by atoms with Gasteiger partial charge in [-0.3, -0.25) is 9.59 Å². The number of hydrogen-bond donors (Lipinski definition) is 1. The number of halogens is 3. The highest BCUT2D eigenvalue weighted by molar-refractivity contribution is 14.1. The largest absolute Gasteiger partial charge is 0.484 e. The molecule has 0 spiro atoms. The van der Waals surface area contributed by atoms with Crippen molar-refractivity contribution < 1.29 is 14.3 Å². The Morgan fingerprint density at radius 2 is 1.73 bits per heavy atom. The average Bonchev–Trinajstić information content (AvgIpc) is 2.66. The maximum absolute atomic E-state index is 13.0. The fourth-order valence-corrected chi connectivity index (χ4v) is 3.33. The number of rotatable bonds is 7. The lowest BCUT2D eigenvalue weighted by Gasteiger charge is -2.31. The molecule has 0 heterocycles. The summed E-state index contributed by atoms with van der Waals surface area (Å²) in [6, 6.07) is 11.8. The van der Waals surface area contributed by atoms with Crippen molar-refractivity contribution >= 4 is 57.6 Å². The molecule has 2 aromatic carbocycles. The van der Waals surface area contributed by atoms with Gasteiger partial charge < -0.3 is 15.0 Å². The van der Waals surface area contributed by atoms with Crippen molar-refractivity contribution in [2.45, 2.75) is 45.8 Å². The Bertz CT molecular complexity index is 898. The Hall–Kier alpha value is -1.51. The van der Waals surface area contributed by atoms with E-state index < -0.39 is 11.6 Å². The minimum absolute atomic E-state index is 0.185. The number of ether oxygens (including phenoxy) is 1. The second-order valence-corrected chi connectivity index (χ2v) is 9.99. The van der Waals surface area contributed by atoms with Gasteiger partial charge in [0.15, 0.2) is 6.61 Å². The minimum atomic E-state index is -0.702. The van der Waals surface area contributed by atoms with Crippen molar-refractivity contribution in [2.75, 3.05) is 6.61 Å². The number of nitrogens with one attached hydrogen (secondary N) is 1. The molecule has 162 valence electrons. The number of nitrogens with zero attached hydrogens (tertiary/aromatic N) is 1. The van der Waals surface area contributed by atoms with E-state index in [-0.39, 0.29) is 25.0 Å². The van der Waals surface area contributed by atoms with E-state index in [1.165, 1.54) is 4.90 Å². The van der Waals surface area contributed by atoms with Crippen LogP contribution < -0.4 is 10.1 Å². The summed E-state index contributed by atoms with van der Waals surface area (Å²) in [6.07, 6.45) is 0. The molecule has 30 heavy (non-hydrogen) atoms. The van der Waals surface area contributed by atoms with E-state index in [4.69, 9.17) is 27.9 Å². The summed E-state index contributed by atoms with van der Waals surface area (Å²) in [6.45, 7) is 7.38. The third kappa shape index (κ3) is 7.63. The van der Waals surface area contributed by atoms with E-state index in [0.717, 1.165) is 9.13 Å². The fraction of sp³-hybridized carbons (Fsp3) is 0.364. The molecule has 0 saturated heterocycles. The first-order valence-electron chi connectivity index (χ1n) is 9.40. The fourth-order valence-electron chi connectivity index (χ4n) is 2.65. The first kappa shape index (κ1) is 24.8. The molecular formula is C22H25Cl2IN2O3. The molecule has 1 atom stereocenters. The van der Waals surface area contributed by atoms with Crippen molar-refractivity contribution in [3.05, 3.63) is 61.6 Å². The zero-order valence-electron chi connectivity index (χ0n) is 17.3. The molecule has 0 bridgehead atoms. The normalized spacial score (nSPS) is 12.2. The molecule has 0 aliphatic heterocycles. The van der Waals surface area contributed by atoms with Crippen LogP contribution in [-0.2, 0) is 16.1 Å². The van der Waals surface area contributed by atoms with Crippen LogP contribution in [0.15, 0.2) is 42.5 Å². The average molecular weight is 563 g/mol. The summed E-state index contributed by atoms with van der Waals surface area (Å²) < 4.78 is 6.71. The number of carbonyl (C=O) groups excluding carboxylic acids is 2. The molecular weight excluding hydrogens is 538 g/mol. The number of hydrogen-bond acceptors (Lipinski definition) is 3. The lowest BCUT2D eigenvalue weighted by atomic mass is 10.1. The molecule has 0 aromatic heterocycles. The van der Waals surface area contributed by atoms with Gasteiger partial charge in [0.05, 0.1) is 10.0 Å². The van der Waals surface area contributed by atoms with E-state index in [1.807, 2.05) is 32.9 Å². The van der Waals surface area contributed by atoms with Crippen LogP contribution in [0.1, 0.15) is 33.3 Å². The number of carbonyl (C=O) groups is 2. The highest BCUT2D eigenvalue weighted by Gasteiger charge is 2.28. The van der Waals surface area contributed by atoms with Gasteiger partial charge in [0.2, 0.25) is 5.91 Å². The zero-order valence-corrected chi connectivity index (χ0v) is 21.0. The van der Waals surface area contributed by atoms with Crippen LogP contribution in [0.3, 0.4) is 0 Å². The summed E-state index contributed by atoms with van der Waals surface area (Å²) in [5.74, 6) is 0.0337. The predicted molar refractivity (Wildman–Crippen MR) is 129 cm³/mol. The van der Waals surface area contributed by atoms with Crippen LogP contribution in [0.4, 0.5) is 0 Å². The molecule has 0 aliphatic rings. The topological polar surface area (TPSA) is 58.6 Å². The van der Waals surface area contributed by atoms with Crippen molar-refractivity contribution in [2.24, 2.45) is 0 Å². The monoisotopic (exact) mass is 562 g/mol. The molecule has 2 rings (SSSR count). The quantitative estimate of drug-likeness (QED) is 0.465. The second kappa shape index (κ2) is 10.7. The molecule has 0 radical (unpaired) electrons. The molecule has 0 aliphatic carbocycles. The molecule has 1 N–H and O–H groups in total. The second-order valence-electron chi connectivity index (χ2n) is 7.93. The molecule has 0 fully saturated rings. The summed E-state index contributed by atoms with van der Waals surface area (Å²) >= 11 is 14.3. The Morgan fingerprint density at radius 1 is 1.10 bits per heavy atom. The van der Waals surface area contributed by atoms with Gasteiger partial charge in [-0.2, -0.15) is 0 Å². The van der Waals surface area contributed by atoms with Crippen molar-refractivity contribution in [1.29, 1.82) is 0 Å². The summed E-state index contributed by atoms with van der Waals surface area (Å²) in [5.41, 5.74) is 0.351. The first-order chi connectivity index (χ1) is 14.0. The summed E-state index contributed by atoms with van der Waals surface area (Å²) in [5, 5.41) is 3.74. The summed E-state index contributed by atoms with van der Waals surface area (Å²) in [7, 11) is 0. The van der Waals surface area contributed by atoms with Crippen LogP contribution in [0.25, 0.3) is 0 Å². The van der Waals surface area contributed by atoms with Gasteiger partial charge in [0.25, 0.3) is 5.91 Å². The smallest absolute Gasteiger partial charge is 0.261 e. The predicted octanol–water partition coefficient (Wildman–Crippen LogP) is 5.31. The Labute approximate surface area is 201 Å². The Morgan fingerprint density at radius 3 is 2.30 bits per heavy atom. The van der Waals surface area contributed by atoms with E-state index in [9.17, 15) is 9.59 Å². The van der Waals surface area contributed by atoms with Gasteiger partial charge >= 0.3 is 0 Å². The van der Waals surface area contributed by atoms with Gasteiger partial charge in [-0.15, -0.1) is 0 Å². The molecule has 8 heteroatoms. The van der Waals surface area contributed by atoms with Gasteiger partial charge in [0.1, 0.15) is 11.8 Å². The van der Waals surface area contributed by atoms with Crippen LogP contribution >= 0.6 is 45.8 Å². The van der Waals surface area contributed by atoms with E-state index in [1.54, 1.807) is 37.3 Å². The minimum Gasteiger partial charge on any atom is -0.484 e. The van der Waals surface area contributed by atoms with Crippen LogP contribution in [-0.4, -0.2) is 34.9 Å². The maximum Gasteiger partial charge on any atom is 0.261 e. The Balaban J connectivity index is 2.19. The zero-order chi connectivity index (χ0) is 22.5. The molecule has 2 aromatic rings. The standard InChI is InChI=1S/C22H25Cl2IN2O3/c1-14(21(29)26-22(2,3)4)27(12-15-5-10-18(23)19(24)11-15)20(28)13-30-17-8-6-16(25)7-9-17/h5-11,14H,12-13H2,1-4H3,(H,26,29)/t14-/m0/s1. The van der Waals surface area contributed by atoms with Crippen LogP contribution in [0.5, 0.6) is 5.75 Å². The SMILES string of the molecule is C[C@@H](C(=O)NC(C)(C)C)N(Cc1ccc(Cl)c(Cl)c1)C(=O)COc1ccc(I)cc1. The van der Waals surface area contributed by atoms with Crippen molar-refractivity contribution in [1.82, 2.24) is 10.2 Å². The van der Waals surface area contributed by atoms with Gasteiger partial charge in [-0.1, -0.05) is 29.3 Å². The van der Waals surface area contributed by atoms with E-state index >= 15 is 0 Å². The van der Waals surface area contributed by atoms with Crippen LogP contribution in [0.2, 0.25) is 10.0 Å². The highest BCUT2D eigenvalue weighted by atomic mass is 127. The van der Waals surface area contributed by atoms with Crippen LogP contribution in [0, 0.1) is 3.57 Å². The third-order valence-corrected chi connectivity index (χ3v) is 5.64. The molecule has 0 saturated carbocycles. The Kier molecular flexibility index (Phi) is 8.82. The molecule has 5 nitrogen and oxygen atoms in total. The third-order valence-electron chi connectivity index (χ3n) is 4.18. The highest BCUT2D eigenvalue weighted by Crippen LogP contribution is 2.24. The van der Waals surface area contributed by atoms with Gasteiger partial charge in [-0.25, -0.2) is 0 Å². The van der Waals surface area contributed by atoms with E-state index in [0.29, 0.717) is 15.8 Å². The molecule has 0 unspecified atom stereocenters. The van der Waals surface area contributed by atoms with E-state index in [2.05, 4.69) is 27.9 Å². The molecule has 2 amide bonds. The van der Waals surface area contributed by atoms with Gasteiger partial charge in [0, 0.05) is 15.7 Å². The number of amides is 2. The van der Waals surface area contributed by atoms with Crippen molar-refractivity contribution in [3.8, 4) is 5.75 Å². The number of benzene rings is 2. The lowest BCUT2D eigenvalue weighted by Crippen LogP contribution is -2.53. The summed E-state index contributed by atoms with van der Waals surface area (Å²) in [4.78, 5) is 27.2. The first-order valence-corrected chi connectivity index (χ1v) is 11.2. The van der Waals surface area contributed by atoms with Gasteiger partial charge in [-0.05, 0) is 92.2 Å².